The van der Waals surface area contributed by atoms with Crippen molar-refractivity contribution < 1.29 is 44.3 Å². The van der Waals surface area contributed by atoms with E-state index >= 15 is 0 Å². The number of benzene rings is 18. The molecule has 0 spiro atoms. The van der Waals surface area contributed by atoms with Gasteiger partial charge in [-0.1, -0.05) is 314 Å². The summed E-state index contributed by atoms with van der Waals surface area (Å²) in [7, 11) is -0.305. The number of nitro groups is 4. The van der Waals surface area contributed by atoms with Crippen LogP contribution in [0.15, 0.2) is 471 Å². The smallest absolute Gasteiger partial charge is 0.536 e. The standard InChI is InChI=1S/C25H16ClN3O2.C19H14BN2O2.C19H13BrN2.C12H9BrN2O2.C12H11BrN2.C7H6O.C6H3BrClNO2.C6H6BrN.C6H4FNO2.CH3F/c26-24-19(12-8-16-23(24)29(30)31)18-11-4-6-14-21(18)28-22-15-7-5-13-20(22)27-25(28)17-9-2-1-3-10-17;23-20-24-18-13-7-6-12-17(18)22-16-11-5-4-10-15(16)21-19(22)14-8-2-1-3-9-14;20-15-10-4-6-12-17(15)22-18-13-7-5-11-16(18)21-19(22)14-8-2-1-3-9-14;13-9-5-1-2-6-10(9)14-11-7-3-4-8-12(11)15(16)17;13-9-5-1-3-7-11(9)15-12-8-4-2-6-10(12)14;8-6-7-4-2-1-3-5-7;7-4-2-1-3-5(6(4)8)9(10)11;7-5-3-1-2-4-6(5)8;7-5-3-1-2-4-6(5)8(9)10;1-2/h1-16H;1-13,23H;1-13H;1-8,14H;1-8,15H,14H2;1-6H;1-3H;1-4H,8H2;1-4H;1H3/i;;;;;;;;;1D. The minimum absolute atomic E-state index is 0.0586. The number of carbonyl (C=O) groups is 1. The van der Waals surface area contributed by atoms with Crippen LogP contribution in [-0.2, 0) is 0 Å². The molecule has 3 heterocycles. The van der Waals surface area contributed by atoms with Crippen LogP contribution in [-0.4, -0.2) is 74.5 Å². The molecular weight excluding hydrogens is 2250 g/mol. The minimum Gasteiger partial charge on any atom is -0.536 e. The molecule has 0 aliphatic heterocycles. The summed E-state index contributed by atoms with van der Waals surface area (Å²) in [5.41, 5.74) is 29.2. The molecule has 25 nitrogen and oxygen atoms in total. The fourth-order valence-electron chi connectivity index (χ4n) is 14.4. The largest absolute Gasteiger partial charge is 0.569 e. The molecule has 0 saturated carbocycles. The first-order valence-corrected chi connectivity index (χ1v) is 49.1. The third-order valence-electron chi connectivity index (χ3n) is 21.1. The fourth-order valence-corrected chi connectivity index (χ4v) is 16.7. The number of nitrogens with zero attached hydrogens (tertiary/aromatic N) is 10. The Balaban J connectivity index is 0.000000153. The van der Waals surface area contributed by atoms with E-state index in [9.17, 15) is 54.0 Å². The lowest BCUT2D eigenvalue weighted by molar-refractivity contribution is -0.387. The number of carbonyl (C=O) groups excluding carboxylic acids is 1. The topological polar surface area (TPSA) is 349 Å². The molecule has 0 aliphatic rings. The highest BCUT2D eigenvalue weighted by Gasteiger charge is 2.25. The quantitative estimate of drug-likeness (QED) is 0.0175. The van der Waals surface area contributed by atoms with Crippen molar-refractivity contribution in [1.82, 2.24) is 28.7 Å². The van der Waals surface area contributed by atoms with Gasteiger partial charge < -0.3 is 31.8 Å². The highest BCUT2D eigenvalue weighted by atomic mass is 79.9. The number of alkyl halides is 1. The van der Waals surface area contributed by atoms with Crippen molar-refractivity contribution in [3.63, 3.8) is 0 Å². The SMILES string of the molecule is Brc1ccccc1-n1c(-c2ccccc2)nc2ccccc21.Nc1ccccc1Br.Nc1ccccc1Nc1ccccc1Br.O=Cc1ccccc1.O=[N+]([O-])c1cccc(-c2ccccc2-n2c(-c3ccccc3)nc3ccccc32)c1Cl.O=[N+]([O-])c1cccc(Br)c1Cl.O=[N+]([O-])c1ccccc1F.O=[N+]([O-])c1ccccc1Nc1ccccc1Br.O[B]Oc1ccccc1-n1c(-c2ccccc2)nc2ccccc21.[2H]CF. The zero-order valence-electron chi connectivity index (χ0n) is 78.6. The van der Waals surface area contributed by atoms with E-state index in [1.54, 1.807) is 54.6 Å². The first-order valence-electron chi connectivity index (χ1n) is 45.1. The van der Waals surface area contributed by atoms with Gasteiger partial charge in [0.25, 0.3) is 17.1 Å². The number of hydrogen-bond acceptors (Lipinski definition) is 18. The summed E-state index contributed by atoms with van der Waals surface area (Å²) in [5.74, 6) is 2.32. The van der Waals surface area contributed by atoms with Crippen LogP contribution in [0.25, 0.3) is 95.5 Å². The number of halogens is 9. The summed E-state index contributed by atoms with van der Waals surface area (Å²) in [6.45, 7) is 0. The summed E-state index contributed by atoms with van der Waals surface area (Å²) in [4.78, 5) is 64.9. The highest BCUT2D eigenvalue weighted by Crippen LogP contribution is 2.43. The Bertz CT molecular complexity index is 8050. The van der Waals surface area contributed by atoms with Crippen LogP contribution in [0.4, 0.5) is 65.7 Å². The van der Waals surface area contributed by atoms with Gasteiger partial charge in [-0.25, -0.2) is 15.0 Å². The van der Waals surface area contributed by atoms with Crippen molar-refractivity contribution in [1.29, 1.82) is 0 Å². The lowest BCUT2D eigenvalue weighted by Gasteiger charge is -2.15. The van der Waals surface area contributed by atoms with Crippen LogP contribution >= 0.6 is 103 Å². The molecule has 0 aliphatic carbocycles. The average Bonchev–Trinajstić information content (AvgIpc) is 1.61. The first-order chi connectivity index (χ1) is 72.3. The van der Waals surface area contributed by atoms with E-state index in [4.69, 9.17) is 60.7 Å². The summed E-state index contributed by atoms with van der Waals surface area (Å²) >= 11 is 28.9. The number of nitro benzene ring substituents is 4. The molecule has 0 unspecified atom stereocenters. The third-order valence-corrected chi connectivity index (χ3v) is 25.6. The molecule has 1 radical (unpaired) electrons. The number of nitrogen functional groups attached to an aromatic ring is 2. The zero-order chi connectivity index (χ0) is 106. The van der Waals surface area contributed by atoms with Crippen molar-refractivity contribution in [3.8, 4) is 68.1 Å². The highest BCUT2D eigenvalue weighted by molar-refractivity contribution is 9.11. The van der Waals surface area contributed by atoms with Gasteiger partial charge in [0.1, 0.15) is 45.2 Å². The molecule has 7 N–H and O–H groups in total. The van der Waals surface area contributed by atoms with E-state index in [2.05, 4.69) is 136 Å². The van der Waals surface area contributed by atoms with Gasteiger partial charge in [-0.3, -0.25) is 63.3 Å². The van der Waals surface area contributed by atoms with Gasteiger partial charge in [0, 0.05) is 85.7 Å². The van der Waals surface area contributed by atoms with Gasteiger partial charge in [0.05, 0.1) is 101 Å². The van der Waals surface area contributed by atoms with Gasteiger partial charge in [0.2, 0.25) is 5.82 Å². The summed E-state index contributed by atoms with van der Waals surface area (Å²) in [6, 6.07) is 139. The molecule has 3 aromatic heterocycles. The molecule has 0 bridgehead atoms. The number of nitrogens with one attached hydrogen (secondary N) is 2. The average molecular weight is 2340 g/mol. The molecule has 0 amide bonds. The normalized spacial score (nSPS) is 10.2. The van der Waals surface area contributed by atoms with Crippen LogP contribution in [0.1, 0.15) is 11.7 Å². The summed E-state index contributed by atoms with van der Waals surface area (Å²) in [6.07, 6.45) is 0.833. The molecule has 21 aromatic rings. The minimum atomic E-state index is -1.00. The maximum Gasteiger partial charge on any atom is 0.569 e. The molecule has 0 fully saturated rings. The van der Waals surface area contributed by atoms with Crippen molar-refractivity contribution in [2.45, 2.75) is 0 Å². The Morgan fingerprint density at radius 2 is 0.676 bits per heavy atom. The Hall–Kier alpha value is -16.5. The van der Waals surface area contributed by atoms with Crippen LogP contribution in [0.2, 0.25) is 10.0 Å². The molecule has 0 atom stereocenters. The number of aromatic nitrogens is 6. The third kappa shape index (κ3) is 29.7. The number of aldehydes is 1. The molecule has 18 aromatic carbocycles. The number of anilines is 6. The Morgan fingerprint density at radius 1 is 0.351 bits per heavy atom. The fraction of sp³-hybridized carbons (Fsp3) is 0.00885. The summed E-state index contributed by atoms with van der Waals surface area (Å²) in [5, 5.41) is 58.2. The number of para-hydroxylation sites is 18. The first kappa shape index (κ1) is 109. The van der Waals surface area contributed by atoms with Gasteiger partial charge >= 0.3 is 13.4 Å². The molecule has 148 heavy (non-hydrogen) atoms. The number of hydrogen-bond donors (Lipinski definition) is 5. The lowest BCUT2D eigenvalue weighted by atomic mass is 10.0. The second kappa shape index (κ2) is 56.1. The number of rotatable bonds is 18. The van der Waals surface area contributed by atoms with E-state index in [0.29, 0.717) is 29.2 Å². The van der Waals surface area contributed by atoms with Gasteiger partial charge in [-0.15, -0.1) is 0 Å². The Kier molecular flexibility index (Phi) is 41.2. The van der Waals surface area contributed by atoms with Crippen LogP contribution in [0, 0.1) is 46.3 Å². The van der Waals surface area contributed by atoms with Gasteiger partial charge in [-0.05, 0) is 213 Å². The van der Waals surface area contributed by atoms with Crippen molar-refractivity contribution in [3.05, 3.63) is 533 Å². The predicted octanol–water partition coefficient (Wildman–Crippen LogP) is 32.7. The Morgan fingerprint density at radius 3 is 1.09 bits per heavy atom. The van der Waals surface area contributed by atoms with Crippen molar-refractivity contribution in [2.24, 2.45) is 0 Å². The molecule has 21 rings (SSSR count). The molecule has 0 saturated heterocycles. The van der Waals surface area contributed by atoms with Gasteiger partial charge in [0.15, 0.2) is 0 Å². The number of imidazole rings is 3. The van der Waals surface area contributed by atoms with E-state index in [-0.39, 0.29) is 27.1 Å². The van der Waals surface area contributed by atoms with Crippen LogP contribution < -0.4 is 26.8 Å². The van der Waals surface area contributed by atoms with Crippen molar-refractivity contribution >= 4 is 207 Å². The number of fused-ring (bicyclic) bond motifs is 3. The van der Waals surface area contributed by atoms with Gasteiger partial charge in [-0.2, -0.15) is 4.39 Å². The maximum absolute atomic E-state index is 12.4. The van der Waals surface area contributed by atoms with Crippen LogP contribution in [0.5, 0.6) is 5.75 Å². The van der Waals surface area contributed by atoms with Crippen molar-refractivity contribution in [2.75, 3.05) is 29.3 Å². The second-order valence-corrected chi connectivity index (χ2v) is 35.6. The molecule has 35 heteroatoms. The monoisotopic (exact) mass is 2330 g/mol. The maximum atomic E-state index is 12.4. The zero-order valence-corrected chi connectivity index (χ0v) is 87.1. The Labute approximate surface area is 902 Å². The lowest BCUT2D eigenvalue weighted by Crippen LogP contribution is -2.05. The van der Waals surface area contributed by atoms with E-state index in [1.807, 2.05) is 320 Å². The van der Waals surface area contributed by atoms with E-state index < -0.39 is 38.4 Å². The molecular formula is C113H85BBr5Cl2F2N14O11. The van der Waals surface area contributed by atoms with Crippen LogP contribution in [0.3, 0.4) is 0 Å². The molecule has 739 valence electrons. The summed E-state index contributed by atoms with van der Waals surface area (Å²) < 4.78 is 43.9. The van der Waals surface area contributed by atoms with E-state index in [0.717, 1.165) is 160 Å². The predicted molar refractivity (Wildman–Crippen MR) is 608 cm³/mol. The second-order valence-electron chi connectivity index (χ2n) is 30.6. The number of nitrogens with two attached hydrogens (primary N) is 2. The van der Waals surface area contributed by atoms with E-state index in [1.165, 1.54) is 30.3 Å².